The third-order valence-corrected chi connectivity index (χ3v) is 5.38. The van der Waals surface area contributed by atoms with Gasteiger partial charge in [-0.05, 0) is 31.4 Å². The minimum atomic E-state index is -3.39. The first-order valence-corrected chi connectivity index (χ1v) is 7.89. The van der Waals surface area contributed by atoms with Gasteiger partial charge in [0.1, 0.15) is 11.1 Å². The standard InChI is InChI=1S/C13H18FNO3S/c1-10-13(7-9-18-10)19(16,17)15-8-6-11-4-2-3-5-12(11)14/h2-5,10,13,15H,6-9H2,1H3. The Bertz CT molecular complexity index is 532. The van der Waals surface area contributed by atoms with Gasteiger partial charge in [-0.15, -0.1) is 0 Å². The molecule has 0 radical (unpaired) electrons. The molecule has 6 heteroatoms. The number of sulfonamides is 1. The number of hydrogen-bond acceptors (Lipinski definition) is 3. The van der Waals surface area contributed by atoms with Crippen LogP contribution in [-0.4, -0.2) is 32.9 Å². The summed E-state index contributed by atoms with van der Waals surface area (Å²) in [4.78, 5) is 0. The summed E-state index contributed by atoms with van der Waals surface area (Å²) in [6, 6.07) is 6.38. The zero-order chi connectivity index (χ0) is 13.9. The van der Waals surface area contributed by atoms with Gasteiger partial charge in [-0.3, -0.25) is 0 Å². The van der Waals surface area contributed by atoms with E-state index in [9.17, 15) is 12.8 Å². The van der Waals surface area contributed by atoms with Gasteiger partial charge in [-0.1, -0.05) is 18.2 Å². The molecule has 1 aliphatic heterocycles. The first-order chi connectivity index (χ1) is 9.00. The minimum Gasteiger partial charge on any atom is -0.377 e. The van der Waals surface area contributed by atoms with Crippen molar-refractivity contribution in [3.05, 3.63) is 35.6 Å². The van der Waals surface area contributed by atoms with E-state index in [1.165, 1.54) is 6.07 Å². The predicted molar refractivity (Wildman–Crippen MR) is 70.8 cm³/mol. The molecule has 1 fully saturated rings. The first-order valence-electron chi connectivity index (χ1n) is 6.34. The molecular formula is C13H18FNO3S. The Morgan fingerprint density at radius 1 is 1.42 bits per heavy atom. The highest BCUT2D eigenvalue weighted by molar-refractivity contribution is 7.90. The van der Waals surface area contributed by atoms with Gasteiger partial charge in [0.2, 0.25) is 10.0 Å². The maximum absolute atomic E-state index is 13.4. The van der Waals surface area contributed by atoms with Crippen LogP contribution < -0.4 is 4.72 Å². The number of rotatable bonds is 5. The summed E-state index contributed by atoms with van der Waals surface area (Å²) in [7, 11) is -3.39. The Morgan fingerprint density at radius 2 is 2.16 bits per heavy atom. The second kappa shape index (κ2) is 5.98. The fourth-order valence-corrected chi connectivity index (χ4v) is 3.85. The van der Waals surface area contributed by atoms with Crippen LogP contribution in [0.1, 0.15) is 18.9 Å². The molecule has 106 valence electrons. The average Bonchev–Trinajstić information content (AvgIpc) is 2.79. The molecule has 0 amide bonds. The fraction of sp³-hybridized carbons (Fsp3) is 0.538. The van der Waals surface area contributed by atoms with E-state index in [-0.39, 0.29) is 18.5 Å². The lowest BCUT2D eigenvalue weighted by molar-refractivity contribution is 0.126. The molecule has 19 heavy (non-hydrogen) atoms. The van der Waals surface area contributed by atoms with Crippen LogP contribution in [0.15, 0.2) is 24.3 Å². The van der Waals surface area contributed by atoms with Crippen LogP contribution in [0.3, 0.4) is 0 Å². The Labute approximate surface area is 113 Å². The zero-order valence-electron chi connectivity index (χ0n) is 10.8. The van der Waals surface area contributed by atoms with Crippen molar-refractivity contribution in [3.63, 3.8) is 0 Å². The van der Waals surface area contributed by atoms with Crippen LogP contribution in [-0.2, 0) is 21.2 Å². The van der Waals surface area contributed by atoms with Crippen LogP contribution in [0, 0.1) is 5.82 Å². The normalized spacial score (nSPS) is 23.7. The topological polar surface area (TPSA) is 55.4 Å². The first kappa shape index (κ1) is 14.4. The van der Waals surface area contributed by atoms with Crippen molar-refractivity contribution in [3.8, 4) is 0 Å². The molecule has 1 aliphatic rings. The molecule has 0 aromatic heterocycles. The largest absolute Gasteiger partial charge is 0.377 e. The molecular weight excluding hydrogens is 269 g/mol. The summed E-state index contributed by atoms with van der Waals surface area (Å²) in [5.74, 6) is -0.306. The number of hydrogen-bond donors (Lipinski definition) is 1. The highest BCUT2D eigenvalue weighted by Crippen LogP contribution is 2.19. The van der Waals surface area contributed by atoms with Crippen LogP contribution >= 0.6 is 0 Å². The van der Waals surface area contributed by atoms with Gasteiger partial charge in [0.05, 0.1) is 6.10 Å². The summed E-state index contributed by atoms with van der Waals surface area (Å²) >= 11 is 0. The predicted octanol–water partition coefficient (Wildman–Crippen LogP) is 1.46. The van der Waals surface area contributed by atoms with E-state index < -0.39 is 15.3 Å². The molecule has 0 spiro atoms. The Hall–Kier alpha value is -0.980. The lowest BCUT2D eigenvalue weighted by Gasteiger charge is -2.15. The molecule has 0 saturated carbocycles. The van der Waals surface area contributed by atoms with E-state index in [2.05, 4.69) is 4.72 Å². The van der Waals surface area contributed by atoms with E-state index in [4.69, 9.17) is 4.74 Å². The van der Waals surface area contributed by atoms with Crippen LogP contribution in [0.25, 0.3) is 0 Å². The highest BCUT2D eigenvalue weighted by Gasteiger charge is 2.35. The van der Waals surface area contributed by atoms with Gasteiger partial charge in [0.25, 0.3) is 0 Å². The summed E-state index contributed by atoms with van der Waals surface area (Å²) in [5, 5.41) is -0.506. The molecule has 2 unspecified atom stereocenters. The summed E-state index contributed by atoms with van der Waals surface area (Å²) in [6.45, 7) is 2.43. The maximum atomic E-state index is 13.4. The molecule has 4 nitrogen and oxygen atoms in total. The van der Waals surface area contributed by atoms with E-state index in [1.807, 2.05) is 0 Å². The summed E-state index contributed by atoms with van der Waals surface area (Å²) in [6.07, 6.45) is 0.565. The summed E-state index contributed by atoms with van der Waals surface area (Å²) in [5.41, 5.74) is 0.515. The SMILES string of the molecule is CC1OCCC1S(=O)(=O)NCCc1ccccc1F. The molecule has 1 N–H and O–H groups in total. The summed E-state index contributed by atoms with van der Waals surface area (Å²) < 4.78 is 45.2. The van der Waals surface area contributed by atoms with Crippen LogP contribution in [0.5, 0.6) is 0 Å². The second-order valence-corrected chi connectivity index (χ2v) is 6.67. The molecule has 2 atom stereocenters. The lowest BCUT2D eigenvalue weighted by atomic mass is 10.1. The van der Waals surface area contributed by atoms with E-state index in [1.54, 1.807) is 25.1 Å². The number of nitrogens with one attached hydrogen (secondary N) is 1. The van der Waals surface area contributed by atoms with Crippen molar-refractivity contribution in [1.29, 1.82) is 0 Å². The third kappa shape index (κ3) is 3.52. The molecule has 1 aromatic rings. The molecule has 1 saturated heterocycles. The Balaban J connectivity index is 1.90. The lowest BCUT2D eigenvalue weighted by Crippen LogP contribution is -2.39. The van der Waals surface area contributed by atoms with Gasteiger partial charge in [0.15, 0.2) is 0 Å². The Morgan fingerprint density at radius 3 is 2.79 bits per heavy atom. The molecule has 0 bridgehead atoms. The van der Waals surface area contributed by atoms with E-state index in [0.29, 0.717) is 25.0 Å². The van der Waals surface area contributed by atoms with Crippen LogP contribution in [0.4, 0.5) is 4.39 Å². The third-order valence-electron chi connectivity index (χ3n) is 3.36. The number of benzene rings is 1. The minimum absolute atomic E-state index is 0.201. The maximum Gasteiger partial charge on any atom is 0.217 e. The van der Waals surface area contributed by atoms with E-state index in [0.717, 1.165) is 0 Å². The average molecular weight is 287 g/mol. The smallest absolute Gasteiger partial charge is 0.217 e. The molecule has 0 aliphatic carbocycles. The van der Waals surface area contributed by atoms with Gasteiger partial charge >= 0.3 is 0 Å². The van der Waals surface area contributed by atoms with E-state index >= 15 is 0 Å². The molecule has 1 heterocycles. The van der Waals surface area contributed by atoms with Gasteiger partial charge in [0, 0.05) is 13.2 Å². The monoisotopic (exact) mass is 287 g/mol. The van der Waals surface area contributed by atoms with Crippen molar-refractivity contribution in [1.82, 2.24) is 4.72 Å². The quantitative estimate of drug-likeness (QED) is 0.892. The van der Waals surface area contributed by atoms with Gasteiger partial charge < -0.3 is 4.74 Å². The second-order valence-electron chi connectivity index (χ2n) is 4.68. The van der Waals surface area contributed by atoms with Crippen molar-refractivity contribution in [2.24, 2.45) is 0 Å². The van der Waals surface area contributed by atoms with Crippen molar-refractivity contribution < 1.29 is 17.5 Å². The van der Waals surface area contributed by atoms with Crippen molar-refractivity contribution in [2.45, 2.75) is 31.1 Å². The van der Waals surface area contributed by atoms with Crippen molar-refractivity contribution in [2.75, 3.05) is 13.2 Å². The fourth-order valence-electron chi connectivity index (χ4n) is 2.26. The molecule has 1 aromatic carbocycles. The number of halogens is 1. The van der Waals surface area contributed by atoms with Gasteiger partial charge in [-0.2, -0.15) is 0 Å². The van der Waals surface area contributed by atoms with Crippen LogP contribution in [0.2, 0.25) is 0 Å². The Kier molecular flexibility index (Phi) is 4.54. The zero-order valence-corrected chi connectivity index (χ0v) is 11.6. The van der Waals surface area contributed by atoms with Gasteiger partial charge in [-0.25, -0.2) is 17.5 Å². The van der Waals surface area contributed by atoms with Crippen molar-refractivity contribution >= 4 is 10.0 Å². The molecule has 2 rings (SSSR count). The highest BCUT2D eigenvalue weighted by atomic mass is 32.2. The number of ether oxygens (including phenoxy) is 1.